The minimum Gasteiger partial charge on any atom is -0.264 e. The maximum absolute atomic E-state index is 13.2. The maximum atomic E-state index is 13.2. The third kappa shape index (κ3) is 3.77. The number of nitrogens with zero attached hydrogens (tertiary/aromatic N) is 7. The van der Waals surface area contributed by atoms with Crippen LogP contribution in [0.15, 0.2) is 72.8 Å². The molecule has 5 aromatic rings. The SMILES string of the molecule is Fc1ccc(CCN(Cn2nnc3ccccc32)Cn2nnc3ccccc32)cc1. The first-order valence-corrected chi connectivity index (χ1v) is 9.79. The van der Waals surface area contributed by atoms with Crippen LogP contribution in [0.5, 0.6) is 0 Å². The van der Waals surface area contributed by atoms with E-state index in [0.717, 1.165) is 40.6 Å². The minimum absolute atomic E-state index is 0.223. The maximum Gasteiger partial charge on any atom is 0.123 e. The van der Waals surface area contributed by atoms with E-state index in [4.69, 9.17) is 0 Å². The van der Waals surface area contributed by atoms with Crippen molar-refractivity contribution >= 4 is 22.1 Å². The van der Waals surface area contributed by atoms with Crippen molar-refractivity contribution in [3.8, 4) is 0 Å². The van der Waals surface area contributed by atoms with E-state index >= 15 is 0 Å². The van der Waals surface area contributed by atoms with Crippen molar-refractivity contribution in [2.75, 3.05) is 6.54 Å². The van der Waals surface area contributed by atoms with Crippen LogP contribution in [-0.2, 0) is 19.8 Å². The zero-order valence-corrected chi connectivity index (χ0v) is 16.3. The number of aromatic nitrogens is 6. The molecule has 0 aliphatic carbocycles. The summed E-state index contributed by atoms with van der Waals surface area (Å²) in [5.74, 6) is -0.223. The van der Waals surface area contributed by atoms with E-state index in [2.05, 4.69) is 25.5 Å². The molecule has 0 atom stereocenters. The molecule has 0 bridgehead atoms. The summed E-state index contributed by atoms with van der Waals surface area (Å²) in [6, 6.07) is 22.4. The van der Waals surface area contributed by atoms with E-state index in [1.165, 1.54) is 12.1 Å². The predicted octanol–water partition coefficient (Wildman–Crippen LogP) is 3.48. The zero-order valence-electron chi connectivity index (χ0n) is 16.3. The van der Waals surface area contributed by atoms with Crippen LogP contribution in [0.4, 0.5) is 4.39 Å². The normalized spacial score (nSPS) is 11.7. The summed E-state index contributed by atoms with van der Waals surface area (Å²) in [5.41, 5.74) is 4.76. The lowest BCUT2D eigenvalue weighted by molar-refractivity contribution is 0.158. The Labute approximate surface area is 172 Å². The molecule has 30 heavy (non-hydrogen) atoms. The summed E-state index contributed by atoms with van der Waals surface area (Å²) < 4.78 is 17.0. The molecule has 0 N–H and O–H groups in total. The third-order valence-electron chi connectivity index (χ3n) is 5.14. The lowest BCUT2D eigenvalue weighted by Gasteiger charge is -2.22. The molecular formula is C22H20FN7. The van der Waals surface area contributed by atoms with E-state index < -0.39 is 0 Å². The van der Waals surface area contributed by atoms with Crippen LogP contribution in [0.25, 0.3) is 22.1 Å². The van der Waals surface area contributed by atoms with Gasteiger partial charge in [-0.2, -0.15) is 0 Å². The number of benzene rings is 3. The second-order valence-corrected chi connectivity index (χ2v) is 7.21. The summed E-state index contributed by atoms with van der Waals surface area (Å²) in [4.78, 5) is 2.23. The Morgan fingerprint density at radius 2 is 1.23 bits per heavy atom. The second-order valence-electron chi connectivity index (χ2n) is 7.21. The molecule has 5 rings (SSSR count). The number of fused-ring (bicyclic) bond motifs is 2. The predicted molar refractivity (Wildman–Crippen MR) is 112 cm³/mol. The first kappa shape index (κ1) is 18.4. The van der Waals surface area contributed by atoms with E-state index in [0.29, 0.717) is 13.3 Å². The Bertz CT molecular complexity index is 1200. The summed E-state index contributed by atoms with van der Waals surface area (Å²) in [7, 11) is 0. The highest BCUT2D eigenvalue weighted by molar-refractivity contribution is 5.74. The van der Waals surface area contributed by atoms with E-state index in [-0.39, 0.29) is 5.82 Å². The monoisotopic (exact) mass is 401 g/mol. The second kappa shape index (κ2) is 8.00. The molecule has 8 heteroatoms. The highest BCUT2D eigenvalue weighted by atomic mass is 19.1. The lowest BCUT2D eigenvalue weighted by Crippen LogP contribution is -2.31. The van der Waals surface area contributed by atoms with E-state index in [9.17, 15) is 4.39 Å². The van der Waals surface area contributed by atoms with Gasteiger partial charge in [-0.25, -0.2) is 13.8 Å². The molecular weight excluding hydrogens is 381 g/mol. The van der Waals surface area contributed by atoms with Gasteiger partial charge in [0.2, 0.25) is 0 Å². The smallest absolute Gasteiger partial charge is 0.123 e. The van der Waals surface area contributed by atoms with Crippen molar-refractivity contribution in [2.45, 2.75) is 19.8 Å². The van der Waals surface area contributed by atoms with Gasteiger partial charge in [-0.15, -0.1) is 10.2 Å². The lowest BCUT2D eigenvalue weighted by atomic mass is 10.1. The van der Waals surface area contributed by atoms with Gasteiger partial charge in [0.25, 0.3) is 0 Å². The molecule has 0 saturated heterocycles. The summed E-state index contributed by atoms with van der Waals surface area (Å²) in [6.07, 6.45) is 0.777. The van der Waals surface area contributed by atoms with Gasteiger partial charge in [-0.1, -0.05) is 46.8 Å². The van der Waals surface area contributed by atoms with Gasteiger partial charge in [-0.05, 0) is 48.4 Å². The first-order chi connectivity index (χ1) is 14.8. The number of halogens is 1. The van der Waals surface area contributed by atoms with Crippen molar-refractivity contribution < 1.29 is 4.39 Å². The van der Waals surface area contributed by atoms with Crippen LogP contribution in [0, 0.1) is 5.82 Å². The summed E-state index contributed by atoms with van der Waals surface area (Å²) in [5, 5.41) is 17.2. The molecule has 0 amide bonds. The molecule has 0 radical (unpaired) electrons. The number of hydrogen-bond acceptors (Lipinski definition) is 5. The highest BCUT2D eigenvalue weighted by Gasteiger charge is 2.13. The van der Waals surface area contributed by atoms with Crippen LogP contribution in [0.2, 0.25) is 0 Å². The van der Waals surface area contributed by atoms with Gasteiger partial charge in [-0.3, -0.25) is 4.90 Å². The van der Waals surface area contributed by atoms with Crippen molar-refractivity contribution in [3.63, 3.8) is 0 Å². The minimum atomic E-state index is -0.223. The molecule has 0 fully saturated rings. The van der Waals surface area contributed by atoms with Gasteiger partial charge < -0.3 is 0 Å². The van der Waals surface area contributed by atoms with E-state index in [1.54, 1.807) is 0 Å². The molecule has 0 saturated carbocycles. The molecule has 7 nitrogen and oxygen atoms in total. The Kier molecular flexibility index (Phi) is 4.90. The van der Waals surface area contributed by atoms with Crippen LogP contribution in [0.1, 0.15) is 5.56 Å². The fraction of sp³-hybridized carbons (Fsp3) is 0.182. The standard InChI is InChI=1S/C22H20FN7/c23-18-11-9-17(10-12-18)13-14-28(15-29-21-7-3-1-5-19(21)24-26-29)16-30-22-8-4-2-6-20(22)25-27-30/h1-12H,13-16H2. The average Bonchev–Trinajstić information content (AvgIpc) is 3.38. The van der Waals surface area contributed by atoms with Crippen LogP contribution in [-0.4, -0.2) is 41.4 Å². The molecule has 0 spiro atoms. The molecule has 0 unspecified atom stereocenters. The van der Waals surface area contributed by atoms with Crippen molar-refractivity contribution in [3.05, 3.63) is 84.2 Å². The molecule has 3 aromatic carbocycles. The van der Waals surface area contributed by atoms with Gasteiger partial charge in [0, 0.05) is 6.54 Å². The van der Waals surface area contributed by atoms with Crippen molar-refractivity contribution in [1.82, 2.24) is 34.9 Å². The van der Waals surface area contributed by atoms with Gasteiger partial charge in [0.15, 0.2) is 0 Å². The van der Waals surface area contributed by atoms with Gasteiger partial charge in [0.05, 0.1) is 24.4 Å². The molecule has 2 heterocycles. The number of rotatable bonds is 7. The van der Waals surface area contributed by atoms with E-state index in [1.807, 2.05) is 70.0 Å². The topological polar surface area (TPSA) is 64.7 Å². The van der Waals surface area contributed by atoms with Crippen LogP contribution in [0.3, 0.4) is 0 Å². The van der Waals surface area contributed by atoms with Gasteiger partial charge in [0.1, 0.15) is 16.9 Å². The Morgan fingerprint density at radius 1 is 0.700 bits per heavy atom. The Balaban J connectivity index is 1.41. The molecule has 0 aliphatic heterocycles. The fourth-order valence-corrected chi connectivity index (χ4v) is 3.55. The molecule has 150 valence electrons. The Morgan fingerprint density at radius 3 is 1.80 bits per heavy atom. The third-order valence-corrected chi connectivity index (χ3v) is 5.14. The summed E-state index contributed by atoms with van der Waals surface area (Å²) >= 11 is 0. The first-order valence-electron chi connectivity index (χ1n) is 9.79. The van der Waals surface area contributed by atoms with Crippen LogP contribution < -0.4 is 0 Å². The number of para-hydroxylation sites is 2. The molecule has 2 aromatic heterocycles. The average molecular weight is 401 g/mol. The fourth-order valence-electron chi connectivity index (χ4n) is 3.55. The molecule has 0 aliphatic rings. The highest BCUT2D eigenvalue weighted by Crippen LogP contribution is 2.14. The summed E-state index contributed by atoms with van der Waals surface area (Å²) in [6.45, 7) is 1.85. The van der Waals surface area contributed by atoms with Crippen LogP contribution >= 0.6 is 0 Å². The largest absolute Gasteiger partial charge is 0.264 e. The Hall–Kier alpha value is -3.65. The zero-order chi connectivity index (χ0) is 20.3. The van der Waals surface area contributed by atoms with Gasteiger partial charge >= 0.3 is 0 Å². The van der Waals surface area contributed by atoms with Crippen molar-refractivity contribution in [1.29, 1.82) is 0 Å². The number of hydrogen-bond donors (Lipinski definition) is 0. The van der Waals surface area contributed by atoms with Crippen molar-refractivity contribution in [2.24, 2.45) is 0 Å². The quantitative estimate of drug-likeness (QED) is 0.418.